The normalized spacial score (nSPS) is 17.1. The highest BCUT2D eigenvalue weighted by Crippen LogP contribution is 2.57. The summed E-state index contributed by atoms with van der Waals surface area (Å²) < 4.78 is 11.4. The first kappa shape index (κ1) is 16.4. The average molecular weight is 339 g/mol. The quantitative estimate of drug-likeness (QED) is 0.798. The summed E-state index contributed by atoms with van der Waals surface area (Å²) in [5.74, 6) is 1.66. The fourth-order valence-electron chi connectivity index (χ4n) is 3.87. The minimum atomic E-state index is -0.348. The molecule has 0 fully saturated rings. The van der Waals surface area contributed by atoms with Gasteiger partial charge in [0.25, 0.3) is 0 Å². The third-order valence-electron chi connectivity index (χ3n) is 4.74. The predicted octanol–water partition coefficient (Wildman–Crippen LogP) is 4.78. The van der Waals surface area contributed by atoms with E-state index in [-0.39, 0.29) is 17.8 Å². The molecule has 122 valence electrons. The van der Waals surface area contributed by atoms with Gasteiger partial charge in [0.2, 0.25) is 0 Å². The lowest BCUT2D eigenvalue weighted by Crippen LogP contribution is -2.27. The van der Waals surface area contributed by atoms with Crippen molar-refractivity contribution in [3.8, 4) is 0 Å². The number of benzene rings is 2. The Morgan fingerprint density at radius 1 is 0.625 bits per heavy atom. The molecule has 0 heterocycles. The van der Waals surface area contributed by atoms with E-state index in [2.05, 4.69) is 60.7 Å². The largest absolute Gasteiger partial charge is 0.493 e. The van der Waals surface area contributed by atoms with Gasteiger partial charge in [-0.15, -0.1) is 12.4 Å². The number of hydrogen-bond donors (Lipinski definition) is 0. The summed E-state index contributed by atoms with van der Waals surface area (Å²) in [5, 5.41) is 0. The molecule has 0 aliphatic heterocycles. The summed E-state index contributed by atoms with van der Waals surface area (Å²) in [6, 6.07) is 21.1. The Labute approximate surface area is 148 Å². The van der Waals surface area contributed by atoms with Gasteiger partial charge in [-0.3, -0.25) is 0 Å². The van der Waals surface area contributed by atoms with E-state index in [1.54, 1.807) is 14.2 Å². The van der Waals surface area contributed by atoms with Crippen LogP contribution in [0.2, 0.25) is 0 Å². The zero-order valence-electron chi connectivity index (χ0n) is 13.7. The summed E-state index contributed by atoms with van der Waals surface area (Å²) in [7, 11) is 3.41. The third kappa shape index (κ3) is 1.96. The lowest BCUT2D eigenvalue weighted by atomic mass is 9.69. The van der Waals surface area contributed by atoms with Gasteiger partial charge in [-0.25, -0.2) is 0 Å². The molecule has 2 aromatic rings. The fourth-order valence-corrected chi connectivity index (χ4v) is 3.87. The second-order valence-electron chi connectivity index (χ2n) is 5.71. The minimum Gasteiger partial charge on any atom is -0.493 e. The lowest BCUT2D eigenvalue weighted by molar-refractivity contribution is 0.220. The van der Waals surface area contributed by atoms with Crippen LogP contribution in [-0.2, 0) is 14.9 Å². The molecule has 0 N–H and O–H groups in total. The number of hydrogen-bond acceptors (Lipinski definition) is 2. The molecule has 0 saturated heterocycles. The van der Waals surface area contributed by atoms with Crippen LogP contribution in [0, 0.1) is 0 Å². The maximum absolute atomic E-state index is 5.69. The van der Waals surface area contributed by atoms with E-state index in [0.717, 1.165) is 22.7 Å². The van der Waals surface area contributed by atoms with E-state index in [4.69, 9.17) is 9.47 Å². The van der Waals surface area contributed by atoms with Crippen LogP contribution in [0.3, 0.4) is 0 Å². The Morgan fingerprint density at radius 3 is 1.33 bits per heavy atom. The lowest BCUT2D eigenvalue weighted by Gasteiger charge is -2.31. The Hall–Kier alpha value is -2.45. The van der Waals surface area contributed by atoms with Gasteiger partial charge in [-0.1, -0.05) is 72.8 Å². The Morgan fingerprint density at radius 2 is 1.00 bits per heavy atom. The smallest absolute Gasteiger partial charge is 0.165 e. The molecule has 4 rings (SSSR count). The highest BCUT2D eigenvalue weighted by molar-refractivity contribution is 5.85. The van der Waals surface area contributed by atoms with Gasteiger partial charge in [-0.2, -0.15) is 0 Å². The van der Waals surface area contributed by atoms with Gasteiger partial charge in [-0.05, 0) is 11.1 Å². The maximum Gasteiger partial charge on any atom is 0.165 e. The van der Waals surface area contributed by atoms with Crippen molar-refractivity contribution >= 4 is 12.4 Å². The highest BCUT2D eigenvalue weighted by atomic mass is 35.5. The number of rotatable bonds is 4. The van der Waals surface area contributed by atoms with Crippen molar-refractivity contribution in [2.75, 3.05) is 14.2 Å². The predicted molar refractivity (Wildman–Crippen MR) is 98.1 cm³/mol. The van der Waals surface area contributed by atoms with Gasteiger partial charge in [0.1, 0.15) is 0 Å². The molecule has 0 radical (unpaired) electrons. The number of halogens is 1. The van der Waals surface area contributed by atoms with Crippen molar-refractivity contribution in [2.45, 2.75) is 5.41 Å². The highest BCUT2D eigenvalue weighted by Gasteiger charge is 2.52. The molecule has 2 aromatic carbocycles. The number of fused-ring (bicyclic) bond motifs is 2. The first-order valence-corrected chi connectivity index (χ1v) is 7.71. The first-order chi connectivity index (χ1) is 11.3. The van der Waals surface area contributed by atoms with Gasteiger partial charge in [0.15, 0.2) is 11.5 Å². The SMILES string of the molecule is COC1=C2C=CC(=C1OC)C2(c1ccccc1)c1ccccc1.Cl. The molecule has 2 aliphatic rings. The van der Waals surface area contributed by atoms with Crippen LogP contribution in [0.5, 0.6) is 0 Å². The Bertz CT molecular complexity index is 761. The topological polar surface area (TPSA) is 18.5 Å². The van der Waals surface area contributed by atoms with Crippen LogP contribution in [-0.4, -0.2) is 14.2 Å². The van der Waals surface area contributed by atoms with E-state index in [1.165, 1.54) is 11.1 Å². The van der Waals surface area contributed by atoms with Gasteiger partial charge < -0.3 is 9.47 Å². The van der Waals surface area contributed by atoms with Crippen LogP contribution in [0.1, 0.15) is 11.1 Å². The molecule has 0 unspecified atom stereocenters. The Kier molecular flexibility index (Phi) is 4.25. The van der Waals surface area contributed by atoms with E-state index in [1.807, 2.05) is 12.1 Å². The second-order valence-corrected chi connectivity index (χ2v) is 5.71. The summed E-state index contributed by atoms with van der Waals surface area (Å²) in [5.41, 5.74) is 4.39. The molecule has 3 heteroatoms. The zero-order chi connectivity index (χ0) is 15.9. The van der Waals surface area contributed by atoms with Crippen molar-refractivity contribution in [1.29, 1.82) is 0 Å². The van der Waals surface area contributed by atoms with Gasteiger partial charge >= 0.3 is 0 Å². The van der Waals surface area contributed by atoms with E-state index >= 15 is 0 Å². The molecule has 0 saturated carbocycles. The van der Waals surface area contributed by atoms with Crippen molar-refractivity contribution < 1.29 is 9.47 Å². The molecule has 2 bridgehead atoms. The summed E-state index contributed by atoms with van der Waals surface area (Å²) in [6.07, 6.45) is 4.30. The van der Waals surface area contributed by atoms with Crippen molar-refractivity contribution in [1.82, 2.24) is 0 Å². The molecular formula is C21H19ClO2. The van der Waals surface area contributed by atoms with Crippen molar-refractivity contribution in [2.24, 2.45) is 0 Å². The average Bonchev–Trinajstić information content (AvgIpc) is 3.14. The second kappa shape index (κ2) is 6.21. The van der Waals surface area contributed by atoms with Crippen LogP contribution in [0.4, 0.5) is 0 Å². The van der Waals surface area contributed by atoms with Crippen LogP contribution in [0.25, 0.3) is 0 Å². The third-order valence-corrected chi connectivity index (χ3v) is 4.74. The van der Waals surface area contributed by atoms with Crippen LogP contribution < -0.4 is 0 Å². The van der Waals surface area contributed by atoms with Crippen LogP contribution >= 0.6 is 12.4 Å². The van der Waals surface area contributed by atoms with E-state index in [0.29, 0.717) is 0 Å². The fraction of sp³-hybridized carbons (Fsp3) is 0.143. The number of methoxy groups -OCH3 is 2. The van der Waals surface area contributed by atoms with Crippen LogP contribution in [0.15, 0.2) is 95.5 Å². The molecule has 2 nitrogen and oxygen atoms in total. The molecule has 0 amide bonds. The van der Waals surface area contributed by atoms with Gasteiger partial charge in [0, 0.05) is 11.1 Å². The summed E-state index contributed by atoms with van der Waals surface area (Å²) in [4.78, 5) is 0. The number of ether oxygens (including phenoxy) is 2. The zero-order valence-corrected chi connectivity index (χ0v) is 14.5. The molecule has 0 aromatic heterocycles. The van der Waals surface area contributed by atoms with E-state index < -0.39 is 0 Å². The Balaban J connectivity index is 0.00000169. The summed E-state index contributed by atoms with van der Waals surface area (Å²) >= 11 is 0. The monoisotopic (exact) mass is 338 g/mol. The molecule has 24 heavy (non-hydrogen) atoms. The van der Waals surface area contributed by atoms with Crippen molar-refractivity contribution in [3.63, 3.8) is 0 Å². The van der Waals surface area contributed by atoms with Crippen molar-refractivity contribution in [3.05, 3.63) is 107 Å². The van der Waals surface area contributed by atoms with Gasteiger partial charge in [0.05, 0.1) is 19.6 Å². The number of allylic oxidation sites excluding steroid dienone is 4. The minimum absolute atomic E-state index is 0. The molecular weight excluding hydrogens is 320 g/mol. The molecule has 2 aliphatic carbocycles. The molecule has 0 spiro atoms. The van der Waals surface area contributed by atoms with E-state index in [9.17, 15) is 0 Å². The maximum atomic E-state index is 5.69. The first-order valence-electron chi connectivity index (χ1n) is 7.71. The molecule has 0 atom stereocenters. The standard InChI is InChI=1S/C21H18O2.ClH/c1-22-19-17-13-14-18(20(19)23-2)21(17,15-9-5-3-6-10-15)16-11-7-4-8-12-16;/h3-14H,1-2H3;1H. The summed E-state index contributed by atoms with van der Waals surface area (Å²) in [6.45, 7) is 0.